The average Bonchev–Trinajstić information content (AvgIpc) is 2.64. The van der Waals surface area contributed by atoms with Crippen LogP contribution in [0.1, 0.15) is 11.8 Å². The number of nitrogens with zero attached hydrogens (tertiary/aromatic N) is 3. The second kappa shape index (κ2) is 2.86. The van der Waals surface area contributed by atoms with Gasteiger partial charge in [0.15, 0.2) is 5.92 Å². The van der Waals surface area contributed by atoms with Crippen molar-refractivity contribution in [1.82, 2.24) is 4.68 Å². The molecule has 2 atom stereocenters. The van der Waals surface area contributed by atoms with Crippen LogP contribution in [0.25, 0.3) is 0 Å². The SMILES string of the molecule is CN1C(=O)C(C#N)C(O)c2cccn21. The zero-order valence-corrected chi connectivity index (χ0v) is 7.58. The van der Waals surface area contributed by atoms with Gasteiger partial charge in [-0.3, -0.25) is 14.5 Å². The Kier molecular flexibility index (Phi) is 1.79. The lowest BCUT2D eigenvalue weighted by Gasteiger charge is -2.31. The molecule has 1 aromatic rings. The Morgan fingerprint density at radius 1 is 1.64 bits per heavy atom. The standard InChI is InChI=1S/C9H9N3O2/c1-11-9(14)6(5-10)8(13)7-3-2-4-12(7)11/h2-4,6,8,13H,1H3. The highest BCUT2D eigenvalue weighted by Gasteiger charge is 2.37. The monoisotopic (exact) mass is 191 g/mol. The van der Waals surface area contributed by atoms with Gasteiger partial charge in [0.25, 0.3) is 5.91 Å². The van der Waals surface area contributed by atoms with Crippen molar-refractivity contribution in [2.45, 2.75) is 6.10 Å². The van der Waals surface area contributed by atoms with E-state index in [4.69, 9.17) is 5.26 Å². The molecule has 5 heteroatoms. The summed E-state index contributed by atoms with van der Waals surface area (Å²) < 4.78 is 1.54. The van der Waals surface area contributed by atoms with E-state index in [1.54, 1.807) is 30.1 Å². The van der Waals surface area contributed by atoms with Gasteiger partial charge in [-0.1, -0.05) is 0 Å². The molecule has 1 aliphatic rings. The maximum atomic E-state index is 11.6. The minimum absolute atomic E-state index is 0.385. The lowest BCUT2D eigenvalue weighted by Crippen LogP contribution is -2.47. The maximum Gasteiger partial charge on any atom is 0.261 e. The molecule has 2 unspecified atom stereocenters. The number of fused-ring (bicyclic) bond motifs is 1. The minimum Gasteiger partial charge on any atom is -0.385 e. The highest BCUT2D eigenvalue weighted by atomic mass is 16.3. The predicted molar refractivity (Wildman–Crippen MR) is 47.6 cm³/mol. The van der Waals surface area contributed by atoms with E-state index in [1.165, 1.54) is 5.01 Å². The maximum absolute atomic E-state index is 11.6. The van der Waals surface area contributed by atoms with Crippen LogP contribution in [0, 0.1) is 17.2 Å². The van der Waals surface area contributed by atoms with Crippen molar-refractivity contribution < 1.29 is 9.90 Å². The van der Waals surface area contributed by atoms with Gasteiger partial charge in [0, 0.05) is 13.2 Å². The highest BCUT2D eigenvalue weighted by molar-refractivity contribution is 5.91. The molecule has 0 saturated heterocycles. The average molecular weight is 191 g/mol. The number of hydrogen-bond acceptors (Lipinski definition) is 3. The largest absolute Gasteiger partial charge is 0.385 e. The number of nitriles is 1. The Hall–Kier alpha value is -1.80. The van der Waals surface area contributed by atoms with Crippen LogP contribution in [0.3, 0.4) is 0 Å². The molecule has 0 radical (unpaired) electrons. The third kappa shape index (κ3) is 0.947. The molecule has 0 aromatic carbocycles. The lowest BCUT2D eigenvalue weighted by molar-refractivity contribution is -0.126. The number of aromatic nitrogens is 1. The normalized spacial score (nSPS) is 25.8. The van der Waals surface area contributed by atoms with E-state index in [0.29, 0.717) is 5.69 Å². The molecule has 0 fully saturated rings. The summed E-state index contributed by atoms with van der Waals surface area (Å²) in [5.41, 5.74) is 0.568. The second-order valence-electron chi connectivity index (χ2n) is 3.19. The summed E-state index contributed by atoms with van der Waals surface area (Å²) in [6, 6.07) is 5.23. The molecular formula is C9H9N3O2. The van der Waals surface area contributed by atoms with Gasteiger partial charge in [0.2, 0.25) is 0 Å². The van der Waals surface area contributed by atoms with Gasteiger partial charge in [-0.05, 0) is 12.1 Å². The molecule has 14 heavy (non-hydrogen) atoms. The summed E-state index contributed by atoms with van der Waals surface area (Å²) in [6.45, 7) is 0. The molecule has 2 heterocycles. The number of aliphatic hydroxyl groups excluding tert-OH is 1. The van der Waals surface area contributed by atoms with Gasteiger partial charge in [-0.15, -0.1) is 0 Å². The van der Waals surface area contributed by atoms with E-state index in [-0.39, 0.29) is 5.91 Å². The van der Waals surface area contributed by atoms with Crippen molar-refractivity contribution in [3.05, 3.63) is 24.0 Å². The first-order chi connectivity index (χ1) is 6.66. The number of carbonyl (C=O) groups is 1. The van der Waals surface area contributed by atoms with Crippen LogP contribution in [0.15, 0.2) is 18.3 Å². The molecule has 1 amide bonds. The van der Waals surface area contributed by atoms with E-state index < -0.39 is 12.0 Å². The van der Waals surface area contributed by atoms with E-state index >= 15 is 0 Å². The Morgan fingerprint density at radius 3 is 3.00 bits per heavy atom. The fourth-order valence-corrected chi connectivity index (χ4v) is 1.63. The van der Waals surface area contributed by atoms with Crippen LogP contribution >= 0.6 is 0 Å². The van der Waals surface area contributed by atoms with Crippen molar-refractivity contribution in [1.29, 1.82) is 5.26 Å². The topological polar surface area (TPSA) is 69.3 Å². The molecule has 2 rings (SSSR count). The quantitative estimate of drug-likeness (QED) is 0.615. The molecular weight excluding hydrogens is 182 g/mol. The van der Waals surface area contributed by atoms with Crippen molar-refractivity contribution in [3.63, 3.8) is 0 Å². The number of aliphatic hydroxyl groups is 1. The van der Waals surface area contributed by atoms with Crippen LogP contribution in [-0.2, 0) is 4.79 Å². The zero-order valence-electron chi connectivity index (χ0n) is 7.58. The summed E-state index contributed by atoms with van der Waals surface area (Å²) in [5, 5.41) is 19.8. The van der Waals surface area contributed by atoms with Gasteiger partial charge < -0.3 is 5.11 Å². The summed E-state index contributed by atoms with van der Waals surface area (Å²) in [6.07, 6.45) is 0.642. The van der Waals surface area contributed by atoms with Crippen LogP contribution in [0.4, 0.5) is 0 Å². The van der Waals surface area contributed by atoms with E-state index in [9.17, 15) is 9.90 Å². The van der Waals surface area contributed by atoms with E-state index in [1.807, 2.05) is 6.07 Å². The van der Waals surface area contributed by atoms with Gasteiger partial charge in [0.1, 0.15) is 6.10 Å². The number of rotatable bonds is 0. The number of amides is 1. The fraction of sp³-hybridized carbons (Fsp3) is 0.333. The molecule has 5 nitrogen and oxygen atoms in total. The summed E-state index contributed by atoms with van der Waals surface area (Å²) in [4.78, 5) is 11.6. The fourth-order valence-electron chi connectivity index (χ4n) is 1.63. The molecule has 1 aliphatic heterocycles. The van der Waals surface area contributed by atoms with Crippen LogP contribution < -0.4 is 5.01 Å². The first kappa shape index (κ1) is 8.78. The van der Waals surface area contributed by atoms with E-state index in [2.05, 4.69) is 0 Å². The van der Waals surface area contributed by atoms with Gasteiger partial charge in [-0.25, -0.2) is 0 Å². The molecule has 1 N–H and O–H groups in total. The molecule has 72 valence electrons. The third-order valence-electron chi connectivity index (χ3n) is 2.42. The van der Waals surface area contributed by atoms with Crippen molar-refractivity contribution >= 4 is 5.91 Å². The summed E-state index contributed by atoms with van der Waals surface area (Å²) in [7, 11) is 1.57. The smallest absolute Gasteiger partial charge is 0.261 e. The Morgan fingerprint density at radius 2 is 2.36 bits per heavy atom. The lowest BCUT2D eigenvalue weighted by atomic mass is 9.99. The Bertz CT molecular complexity index is 418. The number of carbonyl (C=O) groups excluding carboxylic acids is 1. The Balaban J connectivity index is 2.54. The molecule has 0 aliphatic carbocycles. The first-order valence-electron chi connectivity index (χ1n) is 4.19. The van der Waals surface area contributed by atoms with Gasteiger partial charge >= 0.3 is 0 Å². The van der Waals surface area contributed by atoms with Crippen LogP contribution in [-0.4, -0.2) is 22.7 Å². The van der Waals surface area contributed by atoms with Gasteiger partial charge in [-0.2, -0.15) is 5.26 Å². The molecule has 1 aromatic heterocycles. The van der Waals surface area contributed by atoms with Crippen LogP contribution in [0.5, 0.6) is 0 Å². The molecule has 0 bridgehead atoms. The highest BCUT2D eigenvalue weighted by Crippen LogP contribution is 2.27. The van der Waals surface area contributed by atoms with Crippen molar-refractivity contribution in [3.8, 4) is 6.07 Å². The van der Waals surface area contributed by atoms with Gasteiger partial charge in [0.05, 0.1) is 11.8 Å². The molecule has 0 spiro atoms. The molecule has 0 saturated carbocycles. The van der Waals surface area contributed by atoms with Crippen molar-refractivity contribution in [2.24, 2.45) is 5.92 Å². The zero-order chi connectivity index (χ0) is 10.3. The minimum atomic E-state index is -1.03. The third-order valence-corrected chi connectivity index (χ3v) is 2.42. The number of hydrogen-bond donors (Lipinski definition) is 1. The predicted octanol–water partition coefficient (Wildman–Crippen LogP) is -0.231. The van der Waals surface area contributed by atoms with E-state index in [0.717, 1.165) is 0 Å². The first-order valence-corrected chi connectivity index (χ1v) is 4.19. The summed E-state index contributed by atoms with van der Waals surface area (Å²) >= 11 is 0. The second-order valence-corrected chi connectivity index (χ2v) is 3.19. The van der Waals surface area contributed by atoms with Crippen LogP contribution in [0.2, 0.25) is 0 Å². The Labute approximate surface area is 80.7 Å². The summed E-state index contributed by atoms with van der Waals surface area (Å²) in [5.74, 6) is -1.38. The van der Waals surface area contributed by atoms with Crippen molar-refractivity contribution in [2.75, 3.05) is 12.1 Å².